The number of carbonyl (C=O) groups excluding carboxylic acids is 2. The van der Waals surface area contributed by atoms with Gasteiger partial charge in [-0.2, -0.15) is 0 Å². The second kappa shape index (κ2) is 11.1. The monoisotopic (exact) mass is 576 g/mol. The molecule has 1 unspecified atom stereocenters. The Labute approximate surface area is 247 Å². The number of hydrogen-bond acceptors (Lipinski definition) is 7. The summed E-state index contributed by atoms with van der Waals surface area (Å²) in [5.41, 5.74) is 4.82. The summed E-state index contributed by atoms with van der Waals surface area (Å²) >= 11 is 1.34. The third-order valence-corrected chi connectivity index (χ3v) is 8.26. The third-order valence-electron chi connectivity index (χ3n) is 7.26. The van der Waals surface area contributed by atoms with Crippen molar-refractivity contribution >= 4 is 44.1 Å². The molecule has 1 aliphatic rings. The van der Waals surface area contributed by atoms with E-state index in [4.69, 9.17) is 14.5 Å². The lowest BCUT2D eigenvalue weighted by Crippen LogP contribution is -2.29. The number of thiazole rings is 1. The molecule has 0 aliphatic carbocycles. The number of anilines is 1. The number of fused-ring (bicyclic) bond motifs is 1. The number of benzene rings is 4. The normalized spacial score (nSPS) is 16.3. The molecule has 1 saturated heterocycles. The predicted octanol–water partition coefficient (Wildman–Crippen LogP) is 7.13. The summed E-state index contributed by atoms with van der Waals surface area (Å²) in [6.45, 7) is 4.32. The van der Waals surface area contributed by atoms with Crippen molar-refractivity contribution in [1.82, 2.24) is 4.98 Å². The number of ether oxygens (including phenoxy) is 2. The van der Waals surface area contributed by atoms with Crippen molar-refractivity contribution in [2.24, 2.45) is 0 Å². The van der Waals surface area contributed by atoms with Crippen LogP contribution < -0.4 is 14.4 Å². The standard InChI is InChI=1S/C34H28N2O5S/c1-20-16-21(2)29-27(17-20)42-34(35-29)36-30(28(32(38)33(36)39)31(37)23-12-8-5-9-13-23)24-14-15-25(26(18-24)40-3)41-19-22-10-6-4-7-11-22/h4-18,30,37H,19H2,1-3H3/b31-28+. The zero-order valence-corrected chi connectivity index (χ0v) is 24.1. The molecule has 0 radical (unpaired) electrons. The number of amides is 1. The first-order valence-corrected chi connectivity index (χ1v) is 14.3. The number of Topliss-reactive ketones (excluding diaryl/α,β-unsaturated/α-hetero) is 1. The lowest BCUT2D eigenvalue weighted by Gasteiger charge is -2.24. The second-order valence-corrected chi connectivity index (χ2v) is 11.2. The highest BCUT2D eigenvalue weighted by Crippen LogP contribution is 2.46. The van der Waals surface area contributed by atoms with Crippen LogP contribution in [0.1, 0.15) is 33.9 Å². The van der Waals surface area contributed by atoms with E-state index in [0.717, 1.165) is 26.9 Å². The number of rotatable bonds is 7. The van der Waals surface area contributed by atoms with Crippen LogP contribution >= 0.6 is 11.3 Å². The average molecular weight is 577 g/mol. The van der Waals surface area contributed by atoms with Crippen LogP contribution in [0.15, 0.2) is 96.6 Å². The summed E-state index contributed by atoms with van der Waals surface area (Å²) in [5, 5.41) is 11.8. The Hall–Kier alpha value is -4.95. The number of methoxy groups -OCH3 is 1. The zero-order chi connectivity index (χ0) is 29.4. The molecule has 6 rings (SSSR count). The summed E-state index contributed by atoms with van der Waals surface area (Å²) in [6.07, 6.45) is 0. The summed E-state index contributed by atoms with van der Waals surface area (Å²) < 4.78 is 12.6. The minimum Gasteiger partial charge on any atom is -0.507 e. The van der Waals surface area contributed by atoms with E-state index in [2.05, 4.69) is 0 Å². The van der Waals surface area contributed by atoms with Gasteiger partial charge in [-0.3, -0.25) is 14.5 Å². The van der Waals surface area contributed by atoms with Crippen molar-refractivity contribution in [3.05, 3.63) is 124 Å². The molecular weight excluding hydrogens is 548 g/mol. The Morgan fingerprint density at radius 1 is 0.929 bits per heavy atom. The maximum absolute atomic E-state index is 13.7. The molecule has 7 nitrogen and oxygen atoms in total. The van der Waals surface area contributed by atoms with Gasteiger partial charge in [-0.15, -0.1) is 0 Å². The maximum atomic E-state index is 13.7. The van der Waals surface area contributed by atoms with E-state index in [0.29, 0.717) is 34.4 Å². The highest BCUT2D eigenvalue weighted by molar-refractivity contribution is 7.22. The average Bonchev–Trinajstić information content (AvgIpc) is 3.54. The van der Waals surface area contributed by atoms with E-state index in [1.807, 2.05) is 62.4 Å². The quantitative estimate of drug-likeness (QED) is 0.126. The van der Waals surface area contributed by atoms with Crippen LogP contribution in [0.4, 0.5) is 5.13 Å². The fraction of sp³-hybridized carbons (Fsp3) is 0.147. The third kappa shape index (κ3) is 4.90. The number of hydrogen-bond donors (Lipinski definition) is 1. The van der Waals surface area contributed by atoms with Crippen molar-refractivity contribution in [2.75, 3.05) is 12.0 Å². The molecule has 42 heavy (non-hydrogen) atoms. The summed E-state index contributed by atoms with van der Waals surface area (Å²) in [4.78, 5) is 33.5. The minimum absolute atomic E-state index is 0.0154. The van der Waals surface area contributed by atoms with E-state index in [1.54, 1.807) is 42.5 Å². The van der Waals surface area contributed by atoms with Crippen LogP contribution in [0.3, 0.4) is 0 Å². The van der Waals surface area contributed by atoms with Crippen molar-refractivity contribution in [3.8, 4) is 11.5 Å². The van der Waals surface area contributed by atoms with Gasteiger partial charge in [-0.05, 0) is 54.3 Å². The molecule has 0 bridgehead atoms. The summed E-state index contributed by atoms with van der Waals surface area (Å²) in [7, 11) is 1.54. The van der Waals surface area contributed by atoms with Crippen molar-refractivity contribution in [3.63, 3.8) is 0 Å². The highest BCUT2D eigenvalue weighted by Gasteiger charge is 2.48. The summed E-state index contributed by atoms with van der Waals surface area (Å²) in [5.74, 6) is -0.843. The molecule has 8 heteroatoms. The maximum Gasteiger partial charge on any atom is 0.301 e. The van der Waals surface area contributed by atoms with E-state index in [1.165, 1.54) is 23.3 Å². The van der Waals surface area contributed by atoms with Gasteiger partial charge in [0.2, 0.25) is 0 Å². The molecule has 1 amide bonds. The number of carbonyl (C=O) groups is 2. The molecule has 1 aliphatic heterocycles. The fourth-order valence-electron chi connectivity index (χ4n) is 5.27. The molecule has 5 aromatic rings. The number of aliphatic hydroxyl groups is 1. The highest BCUT2D eigenvalue weighted by atomic mass is 32.1. The first-order chi connectivity index (χ1) is 20.4. The van der Waals surface area contributed by atoms with Crippen LogP contribution in [-0.2, 0) is 16.2 Å². The first-order valence-electron chi connectivity index (χ1n) is 13.4. The number of aryl methyl sites for hydroxylation is 2. The fourth-order valence-corrected chi connectivity index (χ4v) is 6.44. The van der Waals surface area contributed by atoms with Gasteiger partial charge < -0.3 is 14.6 Å². The van der Waals surface area contributed by atoms with E-state index in [-0.39, 0.29) is 11.3 Å². The van der Waals surface area contributed by atoms with E-state index < -0.39 is 17.7 Å². The number of ketones is 1. The van der Waals surface area contributed by atoms with Gasteiger partial charge in [0.1, 0.15) is 12.4 Å². The van der Waals surface area contributed by atoms with E-state index >= 15 is 0 Å². The van der Waals surface area contributed by atoms with Gasteiger partial charge in [-0.1, -0.05) is 84.1 Å². The number of aliphatic hydroxyl groups excluding tert-OH is 1. The molecular formula is C34H28N2O5S. The minimum atomic E-state index is -0.941. The van der Waals surface area contributed by atoms with Gasteiger partial charge in [0, 0.05) is 5.56 Å². The van der Waals surface area contributed by atoms with Crippen LogP contribution in [0.5, 0.6) is 11.5 Å². The Morgan fingerprint density at radius 3 is 2.36 bits per heavy atom. The van der Waals surface area contributed by atoms with Crippen molar-refractivity contribution in [2.45, 2.75) is 26.5 Å². The molecule has 1 fully saturated rings. The molecule has 0 saturated carbocycles. The smallest absolute Gasteiger partial charge is 0.301 e. The molecule has 1 N–H and O–H groups in total. The Morgan fingerprint density at radius 2 is 1.64 bits per heavy atom. The first kappa shape index (κ1) is 27.2. The lowest BCUT2D eigenvalue weighted by atomic mass is 9.95. The van der Waals surface area contributed by atoms with Crippen molar-refractivity contribution in [1.29, 1.82) is 0 Å². The van der Waals surface area contributed by atoms with Crippen LogP contribution in [0, 0.1) is 13.8 Å². The Kier molecular flexibility index (Phi) is 7.22. The Balaban J connectivity index is 1.49. The predicted molar refractivity (Wildman–Crippen MR) is 164 cm³/mol. The van der Waals surface area contributed by atoms with Gasteiger partial charge in [0.15, 0.2) is 16.6 Å². The van der Waals surface area contributed by atoms with Gasteiger partial charge in [0.25, 0.3) is 5.78 Å². The van der Waals surface area contributed by atoms with E-state index in [9.17, 15) is 14.7 Å². The molecule has 210 valence electrons. The molecule has 0 spiro atoms. The summed E-state index contributed by atoms with van der Waals surface area (Å²) in [6, 6.07) is 26.9. The molecule has 1 aromatic heterocycles. The largest absolute Gasteiger partial charge is 0.507 e. The van der Waals surface area contributed by atoms with Crippen LogP contribution in [-0.4, -0.2) is 28.9 Å². The molecule has 2 heterocycles. The molecule has 1 atom stereocenters. The zero-order valence-electron chi connectivity index (χ0n) is 23.3. The lowest BCUT2D eigenvalue weighted by molar-refractivity contribution is -0.132. The van der Waals surface area contributed by atoms with Crippen LogP contribution in [0.25, 0.3) is 16.0 Å². The molecule has 4 aromatic carbocycles. The van der Waals surface area contributed by atoms with Gasteiger partial charge >= 0.3 is 5.91 Å². The van der Waals surface area contributed by atoms with Crippen LogP contribution in [0.2, 0.25) is 0 Å². The van der Waals surface area contributed by atoms with Gasteiger partial charge in [0.05, 0.1) is 28.9 Å². The number of nitrogens with zero attached hydrogens (tertiary/aromatic N) is 2. The Bertz CT molecular complexity index is 1850. The SMILES string of the molecule is COc1cc(C2/C(=C(\O)c3ccccc3)C(=O)C(=O)N2c2nc3c(C)cc(C)cc3s2)ccc1OCc1ccccc1. The van der Waals surface area contributed by atoms with Crippen molar-refractivity contribution < 1.29 is 24.2 Å². The second-order valence-electron chi connectivity index (χ2n) is 10.1. The number of aromatic nitrogens is 1. The van der Waals surface area contributed by atoms with Gasteiger partial charge in [-0.25, -0.2) is 4.98 Å². The topological polar surface area (TPSA) is 89.0 Å².